The van der Waals surface area contributed by atoms with Crippen molar-refractivity contribution >= 4 is 18.0 Å². The van der Waals surface area contributed by atoms with Crippen LogP contribution in [0.5, 0.6) is 5.75 Å². The zero-order valence-electron chi connectivity index (χ0n) is 14.1. The lowest BCUT2D eigenvalue weighted by molar-refractivity contribution is -0.137. The standard InChI is InChI=1S/C18H19N3O5/c22-17(21-7-10-24-11-8-21)13-26-15-5-3-14(4-6-15)12-19-20-18(23)16-2-1-9-25-16/h1-6,9,12H,7-8,10-11,13H2,(H,20,23)/b19-12+. The number of benzene rings is 1. The predicted molar refractivity (Wildman–Crippen MR) is 93.1 cm³/mol. The van der Waals surface area contributed by atoms with E-state index in [2.05, 4.69) is 10.5 Å². The van der Waals surface area contributed by atoms with Gasteiger partial charge in [0.1, 0.15) is 5.75 Å². The predicted octanol–water partition coefficient (Wildman–Crippen LogP) is 1.28. The minimum atomic E-state index is -0.423. The van der Waals surface area contributed by atoms with Gasteiger partial charge in [-0.1, -0.05) is 0 Å². The molecule has 0 spiro atoms. The molecule has 26 heavy (non-hydrogen) atoms. The molecule has 1 aliphatic heterocycles. The molecule has 1 aromatic carbocycles. The molecular formula is C18H19N3O5. The van der Waals surface area contributed by atoms with Crippen LogP contribution in [0.4, 0.5) is 0 Å². The van der Waals surface area contributed by atoms with Crippen LogP contribution in [0, 0.1) is 0 Å². The molecule has 8 heteroatoms. The number of carbonyl (C=O) groups excluding carboxylic acids is 2. The van der Waals surface area contributed by atoms with Crippen LogP contribution in [-0.4, -0.2) is 55.8 Å². The van der Waals surface area contributed by atoms with Gasteiger partial charge < -0.3 is 18.8 Å². The summed E-state index contributed by atoms with van der Waals surface area (Å²) in [6, 6.07) is 10.2. The maximum absolute atomic E-state index is 12.0. The summed E-state index contributed by atoms with van der Waals surface area (Å²) in [5.41, 5.74) is 3.14. The van der Waals surface area contributed by atoms with E-state index in [0.29, 0.717) is 32.1 Å². The Balaban J connectivity index is 1.45. The average Bonchev–Trinajstić information content (AvgIpc) is 3.23. The van der Waals surface area contributed by atoms with Crippen LogP contribution < -0.4 is 10.2 Å². The van der Waals surface area contributed by atoms with E-state index >= 15 is 0 Å². The van der Waals surface area contributed by atoms with Crippen molar-refractivity contribution in [2.75, 3.05) is 32.9 Å². The third-order valence-corrected chi connectivity index (χ3v) is 3.73. The molecule has 0 saturated carbocycles. The molecule has 1 fully saturated rings. The molecule has 3 rings (SSSR count). The summed E-state index contributed by atoms with van der Waals surface area (Å²) < 4.78 is 15.7. The Kier molecular flexibility index (Phi) is 6.00. The number of nitrogens with zero attached hydrogens (tertiary/aromatic N) is 2. The summed E-state index contributed by atoms with van der Waals surface area (Å²) in [6.07, 6.45) is 2.92. The SMILES string of the molecule is O=C(N/N=C/c1ccc(OCC(=O)N2CCOCC2)cc1)c1ccco1. The van der Waals surface area contributed by atoms with Gasteiger partial charge in [-0.15, -0.1) is 0 Å². The number of carbonyl (C=O) groups is 2. The number of amides is 2. The molecule has 1 N–H and O–H groups in total. The molecule has 2 amide bonds. The van der Waals surface area contributed by atoms with E-state index in [-0.39, 0.29) is 18.3 Å². The van der Waals surface area contributed by atoms with Crippen LogP contribution >= 0.6 is 0 Å². The zero-order valence-corrected chi connectivity index (χ0v) is 14.1. The first kappa shape index (κ1) is 17.7. The van der Waals surface area contributed by atoms with Gasteiger partial charge in [0.25, 0.3) is 5.91 Å². The number of ether oxygens (including phenoxy) is 2. The third-order valence-electron chi connectivity index (χ3n) is 3.73. The molecule has 1 aliphatic rings. The van der Waals surface area contributed by atoms with Gasteiger partial charge in [-0.3, -0.25) is 9.59 Å². The number of hydrogen-bond donors (Lipinski definition) is 1. The topological polar surface area (TPSA) is 93.4 Å². The fraction of sp³-hybridized carbons (Fsp3) is 0.278. The van der Waals surface area contributed by atoms with Gasteiger partial charge in [0.05, 0.1) is 25.7 Å². The minimum absolute atomic E-state index is 0.00730. The first-order chi connectivity index (χ1) is 12.7. The van der Waals surface area contributed by atoms with E-state index in [4.69, 9.17) is 13.9 Å². The van der Waals surface area contributed by atoms with Gasteiger partial charge >= 0.3 is 5.91 Å². The highest BCUT2D eigenvalue weighted by Gasteiger charge is 2.17. The third kappa shape index (κ3) is 4.93. The molecule has 0 bridgehead atoms. The van der Waals surface area contributed by atoms with E-state index in [0.717, 1.165) is 5.56 Å². The summed E-state index contributed by atoms with van der Waals surface area (Å²) in [5.74, 6) is 0.298. The molecule has 1 saturated heterocycles. The Morgan fingerprint density at radius 1 is 1.19 bits per heavy atom. The van der Waals surface area contributed by atoms with Crippen LogP contribution in [0.3, 0.4) is 0 Å². The second-order valence-electron chi connectivity index (χ2n) is 5.53. The molecule has 0 aliphatic carbocycles. The van der Waals surface area contributed by atoms with E-state index in [1.807, 2.05) is 0 Å². The lowest BCUT2D eigenvalue weighted by atomic mass is 10.2. The summed E-state index contributed by atoms with van der Waals surface area (Å²) in [6.45, 7) is 2.32. The molecule has 1 aromatic heterocycles. The van der Waals surface area contributed by atoms with Gasteiger partial charge in [0, 0.05) is 13.1 Å². The second-order valence-corrected chi connectivity index (χ2v) is 5.53. The van der Waals surface area contributed by atoms with Crippen molar-refractivity contribution in [2.45, 2.75) is 0 Å². The molecule has 0 atom stereocenters. The van der Waals surface area contributed by atoms with E-state index < -0.39 is 5.91 Å². The molecule has 0 radical (unpaired) electrons. The Morgan fingerprint density at radius 2 is 1.96 bits per heavy atom. The molecular weight excluding hydrogens is 338 g/mol. The van der Waals surface area contributed by atoms with Crippen LogP contribution in [0.2, 0.25) is 0 Å². The summed E-state index contributed by atoms with van der Waals surface area (Å²) in [7, 11) is 0. The van der Waals surface area contributed by atoms with Gasteiger partial charge in [-0.25, -0.2) is 5.43 Å². The van der Waals surface area contributed by atoms with E-state index in [1.165, 1.54) is 12.5 Å². The second kappa shape index (κ2) is 8.82. The van der Waals surface area contributed by atoms with Gasteiger partial charge in [0.2, 0.25) is 0 Å². The van der Waals surface area contributed by atoms with Gasteiger partial charge in [-0.2, -0.15) is 5.10 Å². The van der Waals surface area contributed by atoms with Crippen LogP contribution in [0.25, 0.3) is 0 Å². The summed E-state index contributed by atoms with van der Waals surface area (Å²) >= 11 is 0. The average molecular weight is 357 g/mol. The zero-order chi connectivity index (χ0) is 18.2. The highest BCUT2D eigenvalue weighted by Crippen LogP contribution is 2.11. The van der Waals surface area contributed by atoms with Gasteiger partial charge in [0.15, 0.2) is 12.4 Å². The fourth-order valence-corrected chi connectivity index (χ4v) is 2.33. The Bertz CT molecular complexity index is 750. The summed E-state index contributed by atoms with van der Waals surface area (Å²) in [5, 5.41) is 3.86. The van der Waals surface area contributed by atoms with E-state index in [9.17, 15) is 9.59 Å². The van der Waals surface area contributed by atoms with Crippen LogP contribution in [0.1, 0.15) is 16.1 Å². The molecule has 136 valence electrons. The number of morpholine rings is 1. The van der Waals surface area contributed by atoms with Crippen molar-refractivity contribution in [3.63, 3.8) is 0 Å². The number of hydrogen-bond acceptors (Lipinski definition) is 6. The normalized spacial score (nSPS) is 14.4. The van der Waals surface area contributed by atoms with Crippen molar-refractivity contribution < 1.29 is 23.5 Å². The number of furan rings is 1. The minimum Gasteiger partial charge on any atom is -0.484 e. The highest BCUT2D eigenvalue weighted by molar-refractivity contribution is 5.92. The van der Waals surface area contributed by atoms with Gasteiger partial charge in [-0.05, 0) is 42.0 Å². The molecule has 2 aromatic rings. The summed E-state index contributed by atoms with van der Waals surface area (Å²) in [4.78, 5) is 25.4. The largest absolute Gasteiger partial charge is 0.484 e. The maximum atomic E-state index is 12.0. The Labute approximate surface area is 150 Å². The first-order valence-corrected chi connectivity index (χ1v) is 8.18. The smallest absolute Gasteiger partial charge is 0.307 e. The maximum Gasteiger partial charge on any atom is 0.307 e. The van der Waals surface area contributed by atoms with Crippen molar-refractivity contribution in [3.8, 4) is 5.75 Å². The van der Waals surface area contributed by atoms with E-state index in [1.54, 1.807) is 41.3 Å². The van der Waals surface area contributed by atoms with Crippen molar-refractivity contribution in [1.82, 2.24) is 10.3 Å². The van der Waals surface area contributed by atoms with Crippen LogP contribution in [0.15, 0.2) is 52.2 Å². The Hall–Kier alpha value is -3.13. The molecule has 8 nitrogen and oxygen atoms in total. The van der Waals surface area contributed by atoms with Crippen molar-refractivity contribution in [2.24, 2.45) is 5.10 Å². The number of rotatable bonds is 6. The lowest BCUT2D eigenvalue weighted by Crippen LogP contribution is -2.42. The Morgan fingerprint density at radius 3 is 2.65 bits per heavy atom. The first-order valence-electron chi connectivity index (χ1n) is 8.18. The van der Waals surface area contributed by atoms with Crippen molar-refractivity contribution in [1.29, 1.82) is 0 Å². The van der Waals surface area contributed by atoms with Crippen molar-refractivity contribution in [3.05, 3.63) is 54.0 Å². The quantitative estimate of drug-likeness (QED) is 0.621. The number of nitrogens with one attached hydrogen (secondary N) is 1. The molecule has 2 heterocycles. The fourth-order valence-electron chi connectivity index (χ4n) is 2.33. The monoisotopic (exact) mass is 357 g/mol. The number of hydrazone groups is 1. The lowest BCUT2D eigenvalue weighted by Gasteiger charge is -2.26. The van der Waals surface area contributed by atoms with Crippen LogP contribution in [-0.2, 0) is 9.53 Å². The highest BCUT2D eigenvalue weighted by atomic mass is 16.5. The molecule has 0 unspecified atom stereocenters.